The Bertz CT molecular complexity index is 588. The molecule has 1 atom stereocenters. The van der Waals surface area contributed by atoms with Gasteiger partial charge in [0, 0.05) is 10.5 Å². The van der Waals surface area contributed by atoms with Gasteiger partial charge < -0.3 is 5.32 Å². The monoisotopic (exact) mass is 355 g/mol. The van der Waals surface area contributed by atoms with E-state index in [-0.39, 0.29) is 16.9 Å². The van der Waals surface area contributed by atoms with Gasteiger partial charge in [-0.25, -0.2) is 4.39 Å². The molecule has 0 spiro atoms. The SMILES string of the molecule is CNC(Cc1cccc(Br)c1)Cc1cccc(Cl)c1F. The Balaban J connectivity index is 2.11. The molecule has 0 aliphatic carbocycles. The molecule has 0 bridgehead atoms. The lowest BCUT2D eigenvalue weighted by Crippen LogP contribution is -2.30. The fraction of sp³-hybridized carbons (Fsp3) is 0.250. The molecule has 20 heavy (non-hydrogen) atoms. The molecule has 2 aromatic rings. The highest BCUT2D eigenvalue weighted by atomic mass is 79.9. The summed E-state index contributed by atoms with van der Waals surface area (Å²) in [5.41, 5.74) is 1.85. The number of halogens is 3. The van der Waals surface area contributed by atoms with Crippen molar-refractivity contribution in [3.63, 3.8) is 0 Å². The molecule has 0 amide bonds. The number of hydrogen-bond acceptors (Lipinski definition) is 1. The molecule has 1 N–H and O–H groups in total. The lowest BCUT2D eigenvalue weighted by molar-refractivity contribution is 0.532. The van der Waals surface area contributed by atoms with Crippen molar-refractivity contribution >= 4 is 27.5 Å². The summed E-state index contributed by atoms with van der Waals surface area (Å²) in [4.78, 5) is 0. The molecule has 0 radical (unpaired) electrons. The Morgan fingerprint density at radius 3 is 2.65 bits per heavy atom. The summed E-state index contributed by atoms with van der Waals surface area (Å²) in [6.07, 6.45) is 1.44. The maximum atomic E-state index is 13.9. The highest BCUT2D eigenvalue weighted by Gasteiger charge is 2.13. The lowest BCUT2D eigenvalue weighted by Gasteiger charge is -2.17. The third-order valence-corrected chi connectivity index (χ3v) is 4.06. The zero-order valence-corrected chi connectivity index (χ0v) is 13.5. The van der Waals surface area contributed by atoms with E-state index in [2.05, 4.69) is 33.4 Å². The van der Waals surface area contributed by atoms with E-state index >= 15 is 0 Å². The second-order valence-electron chi connectivity index (χ2n) is 4.74. The van der Waals surface area contributed by atoms with Crippen molar-refractivity contribution in [2.75, 3.05) is 7.05 Å². The normalized spacial score (nSPS) is 12.4. The van der Waals surface area contributed by atoms with Crippen LogP contribution in [0.1, 0.15) is 11.1 Å². The standard InChI is InChI=1S/C16H16BrClFN/c1-20-14(9-11-4-2-6-13(17)8-11)10-12-5-3-7-15(18)16(12)19/h2-8,14,20H,9-10H2,1H3. The quantitative estimate of drug-likeness (QED) is 0.824. The Labute approximate surface area is 132 Å². The van der Waals surface area contributed by atoms with Gasteiger partial charge in [0.05, 0.1) is 5.02 Å². The summed E-state index contributed by atoms with van der Waals surface area (Å²) in [6.45, 7) is 0. The first-order valence-electron chi connectivity index (χ1n) is 6.44. The maximum absolute atomic E-state index is 13.9. The van der Waals surface area contributed by atoms with Crippen LogP contribution in [0.3, 0.4) is 0 Å². The lowest BCUT2D eigenvalue weighted by atomic mass is 9.99. The second-order valence-corrected chi connectivity index (χ2v) is 6.06. The number of rotatable bonds is 5. The summed E-state index contributed by atoms with van der Waals surface area (Å²) in [6, 6.07) is 13.5. The van der Waals surface area contributed by atoms with Crippen LogP contribution >= 0.6 is 27.5 Å². The molecule has 0 heterocycles. The van der Waals surface area contributed by atoms with E-state index in [9.17, 15) is 4.39 Å². The van der Waals surface area contributed by atoms with E-state index in [1.54, 1.807) is 18.2 Å². The number of hydrogen-bond donors (Lipinski definition) is 1. The average molecular weight is 357 g/mol. The Hall–Kier alpha value is -0.900. The number of likely N-dealkylation sites (N-methyl/N-ethyl adjacent to an activating group) is 1. The van der Waals surface area contributed by atoms with E-state index in [1.165, 1.54) is 5.56 Å². The minimum absolute atomic E-state index is 0.164. The molecule has 0 saturated heterocycles. The molecule has 0 aromatic heterocycles. The largest absolute Gasteiger partial charge is 0.316 e. The highest BCUT2D eigenvalue weighted by Crippen LogP contribution is 2.20. The van der Waals surface area contributed by atoms with Crippen molar-refractivity contribution in [1.29, 1.82) is 0 Å². The fourth-order valence-electron chi connectivity index (χ4n) is 2.20. The summed E-state index contributed by atoms with van der Waals surface area (Å²) in [5.74, 6) is -0.316. The molecule has 0 aliphatic rings. The predicted molar refractivity (Wildman–Crippen MR) is 85.8 cm³/mol. The summed E-state index contributed by atoms with van der Waals surface area (Å²) < 4.78 is 15.0. The maximum Gasteiger partial charge on any atom is 0.145 e. The van der Waals surface area contributed by atoms with Crippen LogP contribution in [-0.4, -0.2) is 13.1 Å². The first kappa shape index (κ1) is 15.5. The van der Waals surface area contributed by atoms with Crippen LogP contribution < -0.4 is 5.32 Å². The number of nitrogens with one attached hydrogen (secondary N) is 1. The Kier molecular flexibility index (Phi) is 5.58. The van der Waals surface area contributed by atoms with Crippen molar-refractivity contribution in [3.05, 3.63) is 68.9 Å². The van der Waals surface area contributed by atoms with Crippen molar-refractivity contribution in [2.24, 2.45) is 0 Å². The van der Waals surface area contributed by atoms with Crippen molar-refractivity contribution < 1.29 is 4.39 Å². The first-order valence-corrected chi connectivity index (χ1v) is 7.62. The van der Waals surface area contributed by atoms with Gasteiger partial charge in [-0.05, 0) is 49.2 Å². The molecule has 2 aromatic carbocycles. The van der Waals surface area contributed by atoms with Crippen LogP contribution in [0.25, 0.3) is 0 Å². The Morgan fingerprint density at radius 2 is 1.95 bits per heavy atom. The van der Waals surface area contributed by atoms with Crippen molar-refractivity contribution in [3.8, 4) is 0 Å². The van der Waals surface area contributed by atoms with Gasteiger partial charge in [-0.15, -0.1) is 0 Å². The molecule has 0 aliphatic heterocycles. The van der Waals surface area contributed by atoms with Gasteiger partial charge in [0.15, 0.2) is 0 Å². The van der Waals surface area contributed by atoms with Gasteiger partial charge in [0.2, 0.25) is 0 Å². The molecule has 2 rings (SSSR count). The molecule has 0 saturated carbocycles. The molecule has 4 heteroatoms. The predicted octanol–water partition coefficient (Wildman–Crippen LogP) is 4.61. The summed E-state index contributed by atoms with van der Waals surface area (Å²) in [7, 11) is 1.89. The van der Waals surface area contributed by atoms with E-state index in [0.717, 1.165) is 10.9 Å². The smallest absolute Gasteiger partial charge is 0.145 e. The summed E-state index contributed by atoms with van der Waals surface area (Å²) in [5, 5.41) is 3.42. The van der Waals surface area contributed by atoms with E-state index in [0.29, 0.717) is 12.0 Å². The number of benzene rings is 2. The third kappa shape index (κ3) is 4.05. The third-order valence-electron chi connectivity index (χ3n) is 3.28. The van der Waals surface area contributed by atoms with E-state index < -0.39 is 0 Å². The van der Waals surface area contributed by atoms with Gasteiger partial charge in [0.1, 0.15) is 5.82 Å². The fourth-order valence-corrected chi connectivity index (χ4v) is 2.84. The van der Waals surface area contributed by atoms with Gasteiger partial charge in [0.25, 0.3) is 0 Å². The van der Waals surface area contributed by atoms with E-state index in [4.69, 9.17) is 11.6 Å². The van der Waals surface area contributed by atoms with Gasteiger partial charge in [-0.2, -0.15) is 0 Å². The van der Waals surface area contributed by atoms with Crippen LogP contribution in [0.4, 0.5) is 4.39 Å². The molecule has 1 nitrogen and oxygen atoms in total. The minimum Gasteiger partial charge on any atom is -0.316 e. The molecule has 1 unspecified atom stereocenters. The molecule has 106 valence electrons. The molecule has 0 fully saturated rings. The van der Waals surface area contributed by atoms with Crippen LogP contribution in [0.15, 0.2) is 46.9 Å². The zero-order valence-electron chi connectivity index (χ0n) is 11.2. The first-order chi connectivity index (χ1) is 9.60. The van der Waals surface area contributed by atoms with Crippen molar-refractivity contribution in [1.82, 2.24) is 5.32 Å². The van der Waals surface area contributed by atoms with Crippen LogP contribution in [0.2, 0.25) is 5.02 Å². The topological polar surface area (TPSA) is 12.0 Å². The van der Waals surface area contributed by atoms with Crippen LogP contribution in [-0.2, 0) is 12.8 Å². The van der Waals surface area contributed by atoms with Crippen LogP contribution in [0, 0.1) is 5.82 Å². The highest BCUT2D eigenvalue weighted by molar-refractivity contribution is 9.10. The second kappa shape index (κ2) is 7.21. The van der Waals surface area contributed by atoms with Crippen molar-refractivity contribution in [2.45, 2.75) is 18.9 Å². The Morgan fingerprint density at radius 1 is 1.20 bits per heavy atom. The molecular formula is C16H16BrClFN. The zero-order chi connectivity index (χ0) is 14.5. The van der Waals surface area contributed by atoms with Gasteiger partial charge in [-0.3, -0.25) is 0 Å². The van der Waals surface area contributed by atoms with Gasteiger partial charge >= 0.3 is 0 Å². The van der Waals surface area contributed by atoms with Crippen LogP contribution in [0.5, 0.6) is 0 Å². The van der Waals surface area contributed by atoms with E-state index in [1.807, 2.05) is 19.2 Å². The van der Waals surface area contributed by atoms with Gasteiger partial charge in [-0.1, -0.05) is 51.8 Å². The molecular weight excluding hydrogens is 341 g/mol. The minimum atomic E-state index is -0.316. The average Bonchev–Trinajstić information content (AvgIpc) is 2.43. The summed E-state index contributed by atoms with van der Waals surface area (Å²) >= 11 is 9.28.